The van der Waals surface area contributed by atoms with E-state index in [9.17, 15) is 9.18 Å². The Labute approximate surface area is 224 Å². The lowest BCUT2D eigenvalue weighted by Crippen LogP contribution is -2.45. The van der Waals surface area contributed by atoms with Gasteiger partial charge < -0.3 is 24.7 Å². The molecular formula is C28H28FN7O3. The van der Waals surface area contributed by atoms with E-state index in [-0.39, 0.29) is 24.9 Å². The highest BCUT2D eigenvalue weighted by Crippen LogP contribution is 2.36. The molecule has 1 amide bonds. The third kappa shape index (κ3) is 5.23. The number of H-pyrrole nitrogens is 1. The van der Waals surface area contributed by atoms with Gasteiger partial charge >= 0.3 is 0 Å². The van der Waals surface area contributed by atoms with Gasteiger partial charge in [0.2, 0.25) is 18.1 Å². The summed E-state index contributed by atoms with van der Waals surface area (Å²) in [6.07, 6.45) is 6.35. The summed E-state index contributed by atoms with van der Waals surface area (Å²) in [5.74, 6) is 0.544. The molecule has 200 valence electrons. The van der Waals surface area contributed by atoms with Gasteiger partial charge in [0.15, 0.2) is 5.82 Å². The Morgan fingerprint density at radius 1 is 1.03 bits per heavy atom. The van der Waals surface area contributed by atoms with Crippen LogP contribution in [-0.4, -0.2) is 57.1 Å². The molecule has 0 aliphatic carbocycles. The zero-order valence-corrected chi connectivity index (χ0v) is 21.4. The van der Waals surface area contributed by atoms with E-state index in [0.29, 0.717) is 40.1 Å². The van der Waals surface area contributed by atoms with E-state index in [4.69, 9.17) is 19.4 Å². The number of pyridine rings is 1. The summed E-state index contributed by atoms with van der Waals surface area (Å²) in [5.41, 5.74) is 2.36. The van der Waals surface area contributed by atoms with Gasteiger partial charge in [0.05, 0.1) is 35.7 Å². The molecule has 4 aromatic rings. The standard InChI is InChI=1S/C28H28FN7O3/c1-28(26(37)32-20-8-11-30-12-9-20)16-38-25(39-17-28)24-34-22(18-4-6-19(29)7-5-18)23(35-24)21-10-13-31-27(33-21)36-14-2-3-15-36/h4-13,25H,2-3,14-17H2,1H3,(H,34,35)(H,30,32,37). The first kappa shape index (κ1) is 25.1. The molecule has 39 heavy (non-hydrogen) atoms. The highest BCUT2D eigenvalue weighted by Gasteiger charge is 2.41. The lowest BCUT2D eigenvalue weighted by Gasteiger charge is -2.35. The number of anilines is 2. The second-order valence-electron chi connectivity index (χ2n) is 9.99. The predicted octanol–water partition coefficient (Wildman–Crippen LogP) is 4.36. The number of aromatic amines is 1. The van der Waals surface area contributed by atoms with Gasteiger partial charge in [-0.1, -0.05) is 0 Å². The van der Waals surface area contributed by atoms with E-state index in [2.05, 4.69) is 25.2 Å². The molecular weight excluding hydrogens is 501 g/mol. The number of imidazole rings is 1. The van der Waals surface area contributed by atoms with Crippen molar-refractivity contribution < 1.29 is 18.7 Å². The number of aromatic nitrogens is 5. The van der Waals surface area contributed by atoms with E-state index in [0.717, 1.165) is 25.9 Å². The highest BCUT2D eigenvalue weighted by molar-refractivity contribution is 5.95. The van der Waals surface area contributed by atoms with Gasteiger partial charge in [0.25, 0.3) is 0 Å². The molecule has 0 radical (unpaired) electrons. The van der Waals surface area contributed by atoms with Crippen LogP contribution in [0.1, 0.15) is 31.9 Å². The van der Waals surface area contributed by atoms with Crippen LogP contribution >= 0.6 is 0 Å². The first-order valence-corrected chi connectivity index (χ1v) is 12.9. The topological polar surface area (TPSA) is 118 Å². The van der Waals surface area contributed by atoms with Gasteiger partial charge in [-0.2, -0.15) is 0 Å². The fourth-order valence-electron chi connectivity index (χ4n) is 4.68. The maximum Gasteiger partial charge on any atom is 0.235 e. The van der Waals surface area contributed by atoms with Crippen molar-refractivity contribution in [2.24, 2.45) is 5.41 Å². The van der Waals surface area contributed by atoms with E-state index >= 15 is 0 Å². The Balaban J connectivity index is 1.26. The van der Waals surface area contributed by atoms with Crippen LogP contribution in [0.25, 0.3) is 22.6 Å². The maximum absolute atomic E-state index is 13.7. The van der Waals surface area contributed by atoms with Crippen LogP contribution < -0.4 is 10.2 Å². The molecule has 2 aliphatic rings. The molecule has 0 unspecified atom stereocenters. The quantitative estimate of drug-likeness (QED) is 0.378. The third-order valence-corrected chi connectivity index (χ3v) is 6.94. The first-order chi connectivity index (χ1) is 19.0. The Morgan fingerprint density at radius 2 is 1.74 bits per heavy atom. The summed E-state index contributed by atoms with van der Waals surface area (Å²) < 4.78 is 25.7. The Bertz CT molecular complexity index is 1450. The monoisotopic (exact) mass is 529 g/mol. The predicted molar refractivity (Wildman–Crippen MR) is 142 cm³/mol. The summed E-state index contributed by atoms with van der Waals surface area (Å²) in [4.78, 5) is 36.5. The molecule has 3 aromatic heterocycles. The zero-order valence-electron chi connectivity index (χ0n) is 21.4. The molecule has 2 N–H and O–H groups in total. The van der Waals surface area contributed by atoms with Crippen molar-refractivity contribution in [2.75, 3.05) is 36.5 Å². The van der Waals surface area contributed by atoms with Crippen molar-refractivity contribution in [3.8, 4) is 22.6 Å². The molecule has 2 aliphatic heterocycles. The number of ether oxygens (including phenoxy) is 2. The molecule has 2 fully saturated rings. The van der Waals surface area contributed by atoms with Gasteiger partial charge in [-0.15, -0.1) is 0 Å². The Morgan fingerprint density at radius 3 is 2.46 bits per heavy atom. The van der Waals surface area contributed by atoms with Gasteiger partial charge in [-0.25, -0.2) is 19.3 Å². The minimum absolute atomic E-state index is 0.128. The van der Waals surface area contributed by atoms with Gasteiger partial charge in [-0.3, -0.25) is 9.78 Å². The van der Waals surface area contributed by atoms with Crippen LogP contribution in [-0.2, 0) is 14.3 Å². The lowest BCUT2D eigenvalue weighted by atomic mass is 9.91. The molecule has 6 rings (SSSR count). The Kier molecular flexibility index (Phi) is 6.76. The molecule has 1 aromatic carbocycles. The van der Waals surface area contributed by atoms with Crippen molar-refractivity contribution in [1.82, 2.24) is 24.9 Å². The summed E-state index contributed by atoms with van der Waals surface area (Å²) in [5, 5.41) is 2.88. The highest BCUT2D eigenvalue weighted by atomic mass is 19.1. The van der Waals surface area contributed by atoms with Crippen molar-refractivity contribution in [3.63, 3.8) is 0 Å². The number of amides is 1. The molecule has 10 nitrogen and oxygen atoms in total. The van der Waals surface area contributed by atoms with E-state index in [1.165, 1.54) is 12.1 Å². The molecule has 11 heteroatoms. The van der Waals surface area contributed by atoms with Crippen LogP contribution in [0.3, 0.4) is 0 Å². The Hall–Kier alpha value is -4.22. The normalized spacial score (nSPS) is 21.2. The number of carbonyl (C=O) groups is 1. The van der Waals surface area contributed by atoms with E-state index < -0.39 is 11.7 Å². The van der Waals surface area contributed by atoms with Crippen molar-refractivity contribution >= 4 is 17.5 Å². The van der Waals surface area contributed by atoms with Gasteiger partial charge in [0, 0.05) is 42.9 Å². The lowest BCUT2D eigenvalue weighted by molar-refractivity contribution is -0.229. The first-order valence-electron chi connectivity index (χ1n) is 12.9. The van der Waals surface area contributed by atoms with Crippen LogP contribution in [0.2, 0.25) is 0 Å². The van der Waals surface area contributed by atoms with Crippen LogP contribution in [0, 0.1) is 11.2 Å². The molecule has 2 saturated heterocycles. The second-order valence-corrected chi connectivity index (χ2v) is 9.99. The number of nitrogens with zero attached hydrogens (tertiary/aromatic N) is 5. The van der Waals surface area contributed by atoms with Gasteiger partial charge in [0.1, 0.15) is 5.82 Å². The van der Waals surface area contributed by atoms with Crippen LogP contribution in [0.15, 0.2) is 61.1 Å². The number of nitrogens with one attached hydrogen (secondary N) is 2. The number of hydrogen-bond acceptors (Lipinski definition) is 8. The zero-order chi connectivity index (χ0) is 26.8. The SMILES string of the molecule is CC1(C(=O)Nc2ccncc2)COC(c2nc(-c3ccc(F)cc3)c(-c3ccnc(N4CCCC4)n3)[nH]2)OC1. The van der Waals surface area contributed by atoms with Crippen LogP contribution in [0.5, 0.6) is 0 Å². The largest absolute Gasteiger partial charge is 0.345 e. The maximum atomic E-state index is 13.7. The van der Waals surface area contributed by atoms with Gasteiger partial charge in [-0.05, 0) is 62.2 Å². The summed E-state index contributed by atoms with van der Waals surface area (Å²) in [6, 6.07) is 11.4. The molecule has 0 spiro atoms. The molecule has 0 bridgehead atoms. The molecule has 0 atom stereocenters. The van der Waals surface area contributed by atoms with Crippen molar-refractivity contribution in [3.05, 3.63) is 72.7 Å². The van der Waals surface area contributed by atoms with E-state index in [1.54, 1.807) is 49.8 Å². The molecule has 0 saturated carbocycles. The number of benzene rings is 1. The number of rotatable bonds is 6. The average Bonchev–Trinajstić information content (AvgIpc) is 3.66. The van der Waals surface area contributed by atoms with E-state index in [1.807, 2.05) is 6.07 Å². The van der Waals surface area contributed by atoms with Crippen molar-refractivity contribution in [1.29, 1.82) is 0 Å². The third-order valence-electron chi connectivity index (χ3n) is 6.94. The number of hydrogen-bond donors (Lipinski definition) is 2. The smallest absolute Gasteiger partial charge is 0.235 e. The summed E-state index contributed by atoms with van der Waals surface area (Å²) in [7, 11) is 0. The number of halogens is 1. The second kappa shape index (κ2) is 10.5. The summed E-state index contributed by atoms with van der Waals surface area (Å²) in [6.45, 7) is 3.88. The van der Waals surface area contributed by atoms with Crippen molar-refractivity contribution in [2.45, 2.75) is 26.1 Å². The fraction of sp³-hybridized carbons (Fsp3) is 0.321. The minimum Gasteiger partial charge on any atom is -0.345 e. The molecule has 5 heterocycles. The number of carbonyl (C=O) groups excluding carboxylic acids is 1. The summed E-state index contributed by atoms with van der Waals surface area (Å²) >= 11 is 0. The fourth-order valence-corrected chi connectivity index (χ4v) is 4.68. The van der Waals surface area contributed by atoms with Crippen LogP contribution in [0.4, 0.5) is 16.0 Å². The minimum atomic E-state index is -0.897. The average molecular weight is 530 g/mol.